The highest BCUT2D eigenvalue weighted by Crippen LogP contribution is 2.22. The first-order chi connectivity index (χ1) is 9.33. The molecule has 1 aliphatic heterocycles. The largest absolute Gasteiger partial charge is 0.493 e. The third-order valence-corrected chi connectivity index (χ3v) is 3.86. The molecule has 0 radical (unpaired) electrons. The van der Waals surface area contributed by atoms with Crippen molar-refractivity contribution in [3.05, 3.63) is 29.8 Å². The fourth-order valence-electron chi connectivity index (χ4n) is 2.27. The maximum atomic E-state index is 12.5. The van der Waals surface area contributed by atoms with Crippen molar-refractivity contribution in [2.75, 3.05) is 25.0 Å². The number of hydrogen-bond donors (Lipinski definition) is 0. The molecule has 1 aromatic rings. The third kappa shape index (κ3) is 3.96. The van der Waals surface area contributed by atoms with Gasteiger partial charge in [0.1, 0.15) is 5.75 Å². The van der Waals surface area contributed by atoms with E-state index < -0.39 is 0 Å². The van der Waals surface area contributed by atoms with E-state index in [1.54, 1.807) is 0 Å². The van der Waals surface area contributed by atoms with Crippen molar-refractivity contribution in [3.8, 4) is 5.75 Å². The molecule has 0 aliphatic carbocycles. The maximum absolute atomic E-state index is 12.5. The summed E-state index contributed by atoms with van der Waals surface area (Å²) in [6.45, 7) is 2.37. The van der Waals surface area contributed by atoms with Crippen molar-refractivity contribution in [1.82, 2.24) is 4.90 Å². The summed E-state index contributed by atoms with van der Waals surface area (Å²) >= 11 is 3.38. The molecule has 0 spiro atoms. The summed E-state index contributed by atoms with van der Waals surface area (Å²) in [6.07, 6.45) is 4.39. The quantitative estimate of drug-likeness (QED) is 0.612. The van der Waals surface area contributed by atoms with Crippen LogP contribution >= 0.6 is 15.9 Å². The van der Waals surface area contributed by atoms with E-state index in [9.17, 15) is 4.79 Å². The van der Waals surface area contributed by atoms with Crippen LogP contribution < -0.4 is 4.74 Å². The van der Waals surface area contributed by atoms with Crippen LogP contribution in [0.2, 0.25) is 0 Å². The monoisotopic (exact) mass is 325 g/mol. The number of benzene rings is 1. The van der Waals surface area contributed by atoms with E-state index in [1.807, 2.05) is 29.2 Å². The van der Waals surface area contributed by atoms with Gasteiger partial charge in [-0.1, -0.05) is 28.1 Å². The number of halogens is 1. The molecule has 19 heavy (non-hydrogen) atoms. The molecule has 0 aromatic heterocycles. The van der Waals surface area contributed by atoms with Crippen molar-refractivity contribution in [3.63, 3.8) is 0 Å². The molecule has 1 heterocycles. The number of likely N-dealkylation sites (tertiary alicyclic amines) is 1. The Hall–Kier alpha value is -1.03. The lowest BCUT2D eigenvalue weighted by Crippen LogP contribution is -2.35. The Morgan fingerprint density at radius 3 is 2.68 bits per heavy atom. The van der Waals surface area contributed by atoms with Gasteiger partial charge in [0.2, 0.25) is 0 Å². The molecule has 0 bridgehead atoms. The van der Waals surface area contributed by atoms with Gasteiger partial charge in [-0.05, 0) is 37.8 Å². The SMILES string of the molecule is O=C(c1ccccc1OCCCBr)N1CCCCC1. The van der Waals surface area contributed by atoms with Crippen molar-refractivity contribution in [2.45, 2.75) is 25.7 Å². The minimum atomic E-state index is 0.106. The smallest absolute Gasteiger partial charge is 0.257 e. The van der Waals surface area contributed by atoms with Gasteiger partial charge in [-0.25, -0.2) is 0 Å². The van der Waals surface area contributed by atoms with Crippen molar-refractivity contribution in [2.24, 2.45) is 0 Å². The van der Waals surface area contributed by atoms with Crippen LogP contribution in [0.3, 0.4) is 0 Å². The molecule has 2 rings (SSSR count). The average Bonchev–Trinajstić information content (AvgIpc) is 2.48. The van der Waals surface area contributed by atoms with Crippen LogP contribution in [0, 0.1) is 0 Å². The average molecular weight is 326 g/mol. The minimum absolute atomic E-state index is 0.106. The molecule has 104 valence electrons. The van der Waals surface area contributed by atoms with Crippen LogP contribution in [0.5, 0.6) is 5.75 Å². The molecule has 0 N–H and O–H groups in total. The van der Waals surface area contributed by atoms with Crippen LogP contribution in [-0.2, 0) is 0 Å². The number of amides is 1. The highest BCUT2D eigenvalue weighted by molar-refractivity contribution is 9.09. The highest BCUT2D eigenvalue weighted by atomic mass is 79.9. The lowest BCUT2D eigenvalue weighted by atomic mass is 10.1. The normalized spacial score (nSPS) is 15.3. The number of ether oxygens (including phenoxy) is 1. The van der Waals surface area contributed by atoms with Gasteiger partial charge in [0.15, 0.2) is 0 Å². The number of hydrogen-bond acceptors (Lipinski definition) is 2. The molecule has 1 aliphatic rings. The molecule has 4 heteroatoms. The van der Waals surface area contributed by atoms with Gasteiger partial charge in [-0.15, -0.1) is 0 Å². The Kier molecular flexibility index (Phi) is 5.70. The number of para-hydroxylation sites is 1. The topological polar surface area (TPSA) is 29.5 Å². The molecular weight excluding hydrogens is 306 g/mol. The minimum Gasteiger partial charge on any atom is -0.493 e. The van der Waals surface area contributed by atoms with Crippen molar-refractivity contribution in [1.29, 1.82) is 0 Å². The number of carbonyl (C=O) groups is 1. The summed E-state index contributed by atoms with van der Waals surface area (Å²) in [6, 6.07) is 7.55. The molecule has 1 fully saturated rings. The van der Waals surface area contributed by atoms with Gasteiger partial charge in [-0.3, -0.25) is 4.79 Å². The second-order valence-corrected chi connectivity index (χ2v) is 5.53. The zero-order valence-electron chi connectivity index (χ0n) is 11.1. The fraction of sp³-hybridized carbons (Fsp3) is 0.533. The Balaban J connectivity index is 2.07. The van der Waals surface area contributed by atoms with E-state index in [-0.39, 0.29) is 5.91 Å². The summed E-state index contributed by atoms with van der Waals surface area (Å²) < 4.78 is 5.71. The molecule has 0 atom stereocenters. The van der Waals surface area contributed by atoms with E-state index in [0.717, 1.165) is 37.7 Å². The van der Waals surface area contributed by atoms with E-state index in [2.05, 4.69) is 15.9 Å². The van der Waals surface area contributed by atoms with Gasteiger partial charge >= 0.3 is 0 Å². The first kappa shape index (κ1) is 14.4. The van der Waals surface area contributed by atoms with E-state index in [4.69, 9.17) is 4.74 Å². The lowest BCUT2D eigenvalue weighted by Gasteiger charge is -2.27. The maximum Gasteiger partial charge on any atom is 0.257 e. The van der Waals surface area contributed by atoms with Gasteiger partial charge in [0.05, 0.1) is 12.2 Å². The zero-order chi connectivity index (χ0) is 13.5. The van der Waals surface area contributed by atoms with E-state index >= 15 is 0 Å². The summed E-state index contributed by atoms with van der Waals surface area (Å²) in [5.41, 5.74) is 0.693. The molecule has 1 amide bonds. The standard InChI is InChI=1S/C15H20BrNO2/c16-9-6-12-19-14-8-3-2-7-13(14)15(18)17-10-4-1-5-11-17/h2-3,7-8H,1,4-6,9-12H2. The first-order valence-electron chi connectivity index (χ1n) is 6.90. The third-order valence-electron chi connectivity index (χ3n) is 3.30. The highest BCUT2D eigenvalue weighted by Gasteiger charge is 2.20. The molecule has 1 saturated heterocycles. The van der Waals surface area contributed by atoms with E-state index in [1.165, 1.54) is 6.42 Å². The number of alkyl halides is 1. The van der Waals surface area contributed by atoms with Crippen molar-refractivity contribution >= 4 is 21.8 Å². The molecule has 0 saturated carbocycles. The van der Waals surface area contributed by atoms with Gasteiger partial charge < -0.3 is 9.64 Å². The zero-order valence-corrected chi connectivity index (χ0v) is 12.7. The second-order valence-electron chi connectivity index (χ2n) is 4.74. The van der Waals surface area contributed by atoms with Gasteiger partial charge in [0, 0.05) is 18.4 Å². The van der Waals surface area contributed by atoms with Crippen LogP contribution in [0.25, 0.3) is 0 Å². The van der Waals surface area contributed by atoms with Gasteiger partial charge in [-0.2, -0.15) is 0 Å². The Morgan fingerprint density at radius 1 is 1.21 bits per heavy atom. The Bertz CT molecular complexity index is 416. The van der Waals surface area contributed by atoms with Crippen molar-refractivity contribution < 1.29 is 9.53 Å². The van der Waals surface area contributed by atoms with Crippen LogP contribution in [0.1, 0.15) is 36.0 Å². The molecule has 3 nitrogen and oxygen atoms in total. The van der Waals surface area contributed by atoms with Crippen LogP contribution in [-0.4, -0.2) is 35.8 Å². The number of piperidine rings is 1. The Labute approximate surface area is 123 Å². The molecule has 1 aromatic carbocycles. The lowest BCUT2D eigenvalue weighted by molar-refractivity contribution is 0.0720. The van der Waals surface area contributed by atoms with Gasteiger partial charge in [0.25, 0.3) is 5.91 Å². The predicted molar refractivity (Wildman–Crippen MR) is 80.1 cm³/mol. The summed E-state index contributed by atoms with van der Waals surface area (Å²) in [4.78, 5) is 14.4. The molecular formula is C15H20BrNO2. The summed E-state index contributed by atoms with van der Waals surface area (Å²) in [7, 11) is 0. The number of carbonyl (C=O) groups excluding carboxylic acids is 1. The Morgan fingerprint density at radius 2 is 1.95 bits per heavy atom. The number of rotatable bonds is 5. The van der Waals surface area contributed by atoms with Crippen LogP contribution in [0.4, 0.5) is 0 Å². The summed E-state index contributed by atoms with van der Waals surface area (Å²) in [5, 5.41) is 0.912. The van der Waals surface area contributed by atoms with E-state index in [0.29, 0.717) is 17.9 Å². The second kappa shape index (κ2) is 7.53. The molecule has 0 unspecified atom stereocenters. The predicted octanol–water partition coefficient (Wildman–Crippen LogP) is 3.48. The first-order valence-corrected chi connectivity index (χ1v) is 8.02. The number of nitrogens with zero attached hydrogens (tertiary/aromatic N) is 1. The fourth-order valence-corrected chi connectivity index (χ4v) is 2.50. The van der Waals surface area contributed by atoms with Crippen LogP contribution in [0.15, 0.2) is 24.3 Å². The summed E-state index contributed by atoms with van der Waals surface area (Å²) in [5.74, 6) is 0.813.